The Labute approximate surface area is 195 Å². The van der Waals surface area contributed by atoms with Crippen LogP contribution < -0.4 is 5.32 Å². The van der Waals surface area contributed by atoms with Gasteiger partial charge in [0.15, 0.2) is 11.0 Å². The summed E-state index contributed by atoms with van der Waals surface area (Å²) >= 11 is 1.40. The van der Waals surface area contributed by atoms with Crippen molar-refractivity contribution in [2.45, 2.75) is 19.4 Å². The molecule has 1 N–H and O–H groups in total. The number of likely N-dealkylation sites (tertiary alicyclic amines) is 1. The summed E-state index contributed by atoms with van der Waals surface area (Å²) in [6.07, 6.45) is 5.18. The first-order chi connectivity index (χ1) is 16.1. The third-order valence-corrected chi connectivity index (χ3v) is 6.65. The van der Waals surface area contributed by atoms with Crippen molar-refractivity contribution in [3.63, 3.8) is 0 Å². The molecule has 5 rings (SSSR count). The van der Waals surface area contributed by atoms with Crippen molar-refractivity contribution >= 4 is 28.3 Å². The normalized spacial score (nSPS) is 13.5. The minimum atomic E-state index is -0.224. The molecule has 0 bridgehead atoms. The molecule has 1 fully saturated rings. The molecule has 0 aliphatic carbocycles. The fourth-order valence-electron chi connectivity index (χ4n) is 3.92. The van der Waals surface area contributed by atoms with Crippen LogP contribution in [0.2, 0.25) is 0 Å². The number of aromatic nitrogens is 3. The Balaban J connectivity index is 1.37. The van der Waals surface area contributed by atoms with Gasteiger partial charge in [-0.3, -0.25) is 14.9 Å². The van der Waals surface area contributed by atoms with E-state index in [1.807, 2.05) is 65.2 Å². The Kier molecular flexibility index (Phi) is 5.75. The average molecular weight is 458 g/mol. The predicted molar refractivity (Wildman–Crippen MR) is 129 cm³/mol. The molecule has 1 aliphatic rings. The molecular weight excluding hydrogens is 434 g/mol. The van der Waals surface area contributed by atoms with Gasteiger partial charge in [-0.05, 0) is 24.1 Å². The lowest BCUT2D eigenvalue weighted by molar-refractivity contribution is -0.128. The molecule has 7 nitrogen and oxygen atoms in total. The highest BCUT2D eigenvalue weighted by molar-refractivity contribution is 7.19. The molecule has 1 aliphatic heterocycles. The van der Waals surface area contributed by atoms with E-state index in [-0.39, 0.29) is 11.8 Å². The number of aryl methyl sites for hydroxylation is 1. The van der Waals surface area contributed by atoms with Gasteiger partial charge in [-0.1, -0.05) is 53.8 Å². The van der Waals surface area contributed by atoms with Gasteiger partial charge in [0.1, 0.15) is 0 Å². The van der Waals surface area contributed by atoms with E-state index in [2.05, 4.69) is 10.3 Å². The third kappa shape index (κ3) is 4.42. The number of carbonyl (C=O) groups is 2. The van der Waals surface area contributed by atoms with Crippen LogP contribution in [0.5, 0.6) is 0 Å². The van der Waals surface area contributed by atoms with Crippen molar-refractivity contribution in [3.8, 4) is 22.0 Å². The maximum Gasteiger partial charge on any atom is 0.257 e. The number of anilines is 1. The van der Waals surface area contributed by atoms with E-state index in [9.17, 15) is 9.59 Å². The van der Waals surface area contributed by atoms with Crippen molar-refractivity contribution in [2.75, 3.05) is 11.9 Å². The fourth-order valence-corrected chi connectivity index (χ4v) is 4.95. The van der Waals surface area contributed by atoms with Gasteiger partial charge in [0.05, 0.1) is 10.6 Å². The van der Waals surface area contributed by atoms with Crippen LogP contribution in [0.1, 0.15) is 28.8 Å². The highest BCUT2D eigenvalue weighted by Crippen LogP contribution is 2.38. The topological polar surface area (TPSA) is 80.1 Å². The summed E-state index contributed by atoms with van der Waals surface area (Å²) in [6, 6.07) is 17.3. The van der Waals surface area contributed by atoms with Crippen LogP contribution >= 0.6 is 11.3 Å². The van der Waals surface area contributed by atoms with Gasteiger partial charge < -0.3 is 9.47 Å². The van der Waals surface area contributed by atoms with Crippen LogP contribution in [0.4, 0.5) is 5.13 Å². The minimum absolute atomic E-state index is 0.193. The Morgan fingerprint density at radius 3 is 2.58 bits per heavy atom. The van der Waals surface area contributed by atoms with Gasteiger partial charge in [0.25, 0.3) is 5.91 Å². The standard InChI is InChI=1S/C25H23N5O2S/c1-29-15-13-26-23(29)22-21(18-6-3-2-4-7-18)27-25(33-22)28-24(32)19-11-9-17(10-12-19)16-30-14-5-8-20(30)31/h2-4,6-7,9-13,15H,5,8,14,16H2,1H3,(H,27,28,32). The Morgan fingerprint density at radius 2 is 1.91 bits per heavy atom. The zero-order valence-corrected chi connectivity index (χ0v) is 19.0. The van der Waals surface area contributed by atoms with Crippen LogP contribution in [-0.4, -0.2) is 37.8 Å². The molecule has 0 radical (unpaired) electrons. The maximum atomic E-state index is 12.9. The van der Waals surface area contributed by atoms with Crippen LogP contribution in [0.3, 0.4) is 0 Å². The predicted octanol–water partition coefficient (Wildman–Crippen LogP) is 4.59. The van der Waals surface area contributed by atoms with E-state index in [0.29, 0.717) is 23.7 Å². The molecule has 1 saturated heterocycles. The van der Waals surface area contributed by atoms with Crippen molar-refractivity contribution < 1.29 is 9.59 Å². The number of benzene rings is 2. The summed E-state index contributed by atoms with van der Waals surface area (Å²) in [5.74, 6) is 0.768. The number of hydrogen-bond acceptors (Lipinski definition) is 5. The molecule has 2 aromatic carbocycles. The van der Waals surface area contributed by atoms with Crippen molar-refractivity contribution in [3.05, 3.63) is 78.1 Å². The molecule has 4 aromatic rings. The zero-order chi connectivity index (χ0) is 22.8. The minimum Gasteiger partial charge on any atom is -0.338 e. The highest BCUT2D eigenvalue weighted by Gasteiger charge is 2.21. The van der Waals surface area contributed by atoms with E-state index < -0.39 is 0 Å². The Morgan fingerprint density at radius 1 is 1.12 bits per heavy atom. The van der Waals surface area contributed by atoms with Crippen molar-refractivity contribution in [1.82, 2.24) is 19.4 Å². The first-order valence-electron chi connectivity index (χ1n) is 10.8. The molecule has 8 heteroatoms. The van der Waals surface area contributed by atoms with Gasteiger partial charge in [0, 0.05) is 50.1 Å². The first kappa shape index (κ1) is 21.1. The monoisotopic (exact) mass is 457 g/mol. The van der Waals surface area contributed by atoms with Gasteiger partial charge in [-0.2, -0.15) is 0 Å². The summed E-state index contributed by atoms with van der Waals surface area (Å²) in [4.78, 5) is 36.7. The van der Waals surface area contributed by atoms with Crippen LogP contribution in [0.25, 0.3) is 22.0 Å². The number of nitrogens with zero attached hydrogens (tertiary/aromatic N) is 4. The lowest BCUT2D eigenvalue weighted by Crippen LogP contribution is -2.23. The molecule has 2 amide bonds. The van der Waals surface area contributed by atoms with E-state index >= 15 is 0 Å². The number of nitrogens with one attached hydrogen (secondary N) is 1. The van der Waals surface area contributed by atoms with Gasteiger partial charge >= 0.3 is 0 Å². The molecule has 0 saturated carbocycles. The second-order valence-corrected chi connectivity index (χ2v) is 8.99. The molecule has 0 spiro atoms. The highest BCUT2D eigenvalue weighted by atomic mass is 32.1. The summed E-state index contributed by atoms with van der Waals surface area (Å²) in [5, 5.41) is 3.45. The lowest BCUT2D eigenvalue weighted by Gasteiger charge is -2.15. The largest absolute Gasteiger partial charge is 0.338 e. The van der Waals surface area contributed by atoms with Crippen molar-refractivity contribution in [1.29, 1.82) is 0 Å². The molecule has 0 atom stereocenters. The number of imidazole rings is 1. The van der Waals surface area contributed by atoms with Crippen LogP contribution in [0.15, 0.2) is 67.0 Å². The van der Waals surface area contributed by atoms with Gasteiger partial charge in [-0.25, -0.2) is 9.97 Å². The molecule has 166 valence electrons. The first-order valence-corrected chi connectivity index (χ1v) is 11.6. The average Bonchev–Trinajstić information content (AvgIpc) is 3.55. The molecule has 33 heavy (non-hydrogen) atoms. The summed E-state index contributed by atoms with van der Waals surface area (Å²) in [6.45, 7) is 1.38. The molecular formula is C25H23N5O2S. The number of rotatable bonds is 6. The summed E-state index contributed by atoms with van der Waals surface area (Å²) in [7, 11) is 1.94. The van der Waals surface area contributed by atoms with Crippen LogP contribution in [-0.2, 0) is 18.4 Å². The van der Waals surface area contributed by atoms with Gasteiger partial charge in [-0.15, -0.1) is 0 Å². The molecule has 2 aromatic heterocycles. The SMILES string of the molecule is Cn1ccnc1-c1sc(NC(=O)c2ccc(CN3CCCC3=O)cc2)nc1-c1ccccc1. The zero-order valence-electron chi connectivity index (χ0n) is 18.2. The molecule has 0 unspecified atom stereocenters. The summed E-state index contributed by atoms with van der Waals surface area (Å²) < 4.78 is 1.94. The molecule has 3 heterocycles. The van der Waals surface area contributed by atoms with E-state index in [1.165, 1.54) is 11.3 Å². The van der Waals surface area contributed by atoms with Gasteiger partial charge in [0.2, 0.25) is 5.91 Å². The van der Waals surface area contributed by atoms with E-state index in [4.69, 9.17) is 4.98 Å². The summed E-state index contributed by atoms with van der Waals surface area (Å²) in [5.41, 5.74) is 3.31. The lowest BCUT2D eigenvalue weighted by atomic mass is 10.1. The Bertz CT molecular complexity index is 1290. The number of amides is 2. The maximum absolute atomic E-state index is 12.9. The quantitative estimate of drug-likeness (QED) is 0.459. The number of hydrogen-bond donors (Lipinski definition) is 1. The van der Waals surface area contributed by atoms with Crippen molar-refractivity contribution in [2.24, 2.45) is 7.05 Å². The van der Waals surface area contributed by atoms with Crippen LogP contribution in [0, 0.1) is 0 Å². The number of thiazole rings is 1. The fraction of sp³-hybridized carbons (Fsp3) is 0.200. The third-order valence-electron chi connectivity index (χ3n) is 5.68. The second kappa shape index (κ2) is 8.99. The van der Waals surface area contributed by atoms with E-state index in [1.54, 1.807) is 18.3 Å². The number of carbonyl (C=O) groups excluding carboxylic acids is 2. The Hall–Kier alpha value is -3.78. The second-order valence-electron chi connectivity index (χ2n) is 7.99. The van der Waals surface area contributed by atoms with E-state index in [0.717, 1.165) is 40.5 Å². The smallest absolute Gasteiger partial charge is 0.257 e.